The zero-order valence-electron chi connectivity index (χ0n) is 8.26. The number of aryl methyl sites for hydroxylation is 1. The molecule has 16 heavy (non-hydrogen) atoms. The second-order valence-electron chi connectivity index (χ2n) is 3.24. The van der Waals surface area contributed by atoms with Crippen molar-refractivity contribution < 1.29 is 19.1 Å². The summed E-state index contributed by atoms with van der Waals surface area (Å²) in [5.74, 6) is -3.14. The maximum absolute atomic E-state index is 11.2. The van der Waals surface area contributed by atoms with Gasteiger partial charge >= 0.3 is 11.7 Å². The molecule has 0 amide bonds. The molecule has 0 aliphatic rings. The Morgan fingerprint density at radius 3 is 2.69 bits per heavy atom. The Hall–Kier alpha value is -2.37. The first-order valence-corrected chi connectivity index (χ1v) is 4.38. The second-order valence-corrected chi connectivity index (χ2v) is 3.24. The summed E-state index contributed by atoms with van der Waals surface area (Å²) < 4.78 is 6.10. The highest BCUT2D eigenvalue weighted by atomic mass is 16.4. The Morgan fingerprint density at radius 1 is 1.38 bits per heavy atom. The van der Waals surface area contributed by atoms with Crippen LogP contribution in [-0.4, -0.2) is 21.4 Å². The minimum absolute atomic E-state index is 0.0191. The fraction of sp³-hybridized carbons (Fsp3) is 0.100. The highest BCUT2D eigenvalue weighted by Gasteiger charge is 2.16. The fourth-order valence-corrected chi connectivity index (χ4v) is 1.40. The average molecular weight is 221 g/mol. The lowest BCUT2D eigenvalue weighted by Gasteiger charge is -1.95. The lowest BCUT2D eigenvalue weighted by Crippen LogP contribution is -2.12. The van der Waals surface area contributed by atoms with Crippen LogP contribution in [0.4, 0.5) is 0 Å². The normalized spacial score (nSPS) is 10.6. The van der Waals surface area contributed by atoms with Crippen molar-refractivity contribution in [2.75, 3.05) is 0 Å². The van der Waals surface area contributed by atoms with Gasteiger partial charge in [-0.05, 0) is 18.2 Å². The Morgan fingerprint density at radius 2 is 2.06 bits per heavy atom. The summed E-state index contributed by atoms with van der Waals surface area (Å²) in [6, 6.07) is 4.05. The van der Waals surface area contributed by atoms with Crippen molar-refractivity contribution in [2.45, 2.75) is 0 Å². The first kappa shape index (κ1) is 10.2. The van der Waals surface area contributed by atoms with Gasteiger partial charge in [-0.3, -0.25) is 9.36 Å². The van der Waals surface area contributed by atoms with Crippen molar-refractivity contribution in [2.24, 2.45) is 7.05 Å². The number of rotatable bonds is 2. The molecular weight excluding hydrogens is 214 g/mol. The van der Waals surface area contributed by atoms with E-state index < -0.39 is 17.5 Å². The van der Waals surface area contributed by atoms with Crippen LogP contribution < -0.4 is 5.76 Å². The van der Waals surface area contributed by atoms with Gasteiger partial charge in [-0.15, -0.1) is 0 Å². The number of hydrogen-bond donors (Lipinski definition) is 1. The molecule has 0 radical (unpaired) electrons. The van der Waals surface area contributed by atoms with Gasteiger partial charge < -0.3 is 9.52 Å². The first-order chi connectivity index (χ1) is 7.50. The Kier molecular flexibility index (Phi) is 2.12. The molecule has 0 saturated heterocycles. The summed E-state index contributed by atoms with van der Waals surface area (Å²) in [4.78, 5) is 32.8. The molecule has 2 rings (SSSR count). The molecule has 1 aromatic heterocycles. The van der Waals surface area contributed by atoms with Crippen LogP contribution in [0.15, 0.2) is 27.4 Å². The van der Waals surface area contributed by atoms with E-state index in [1.54, 1.807) is 0 Å². The van der Waals surface area contributed by atoms with E-state index in [0.29, 0.717) is 5.52 Å². The van der Waals surface area contributed by atoms with Crippen molar-refractivity contribution >= 4 is 22.9 Å². The van der Waals surface area contributed by atoms with E-state index >= 15 is 0 Å². The van der Waals surface area contributed by atoms with E-state index in [0.717, 1.165) is 0 Å². The number of aromatic nitrogens is 1. The quantitative estimate of drug-likeness (QED) is 0.585. The fourth-order valence-electron chi connectivity index (χ4n) is 1.40. The average Bonchev–Trinajstić information content (AvgIpc) is 2.53. The third kappa shape index (κ3) is 1.40. The molecular formula is C10H7NO5. The summed E-state index contributed by atoms with van der Waals surface area (Å²) in [6.45, 7) is 0. The number of carboxylic acids is 1. The van der Waals surface area contributed by atoms with Gasteiger partial charge in [0.05, 0.1) is 5.52 Å². The SMILES string of the molecule is Cn1c(=O)oc2cc(C(=O)C(=O)O)ccc21. The molecule has 0 unspecified atom stereocenters. The van der Waals surface area contributed by atoms with Crippen molar-refractivity contribution in [1.29, 1.82) is 0 Å². The predicted molar refractivity (Wildman–Crippen MR) is 53.4 cm³/mol. The number of nitrogens with zero attached hydrogens (tertiary/aromatic N) is 1. The number of ketones is 1. The third-order valence-electron chi connectivity index (χ3n) is 2.25. The standard InChI is InChI=1S/C10H7NO5/c1-11-6-3-2-5(8(12)9(13)14)4-7(6)16-10(11)15/h2-4H,1H3,(H,13,14). The monoisotopic (exact) mass is 221 g/mol. The molecule has 2 aromatic rings. The van der Waals surface area contributed by atoms with Crippen molar-refractivity contribution in [1.82, 2.24) is 4.57 Å². The van der Waals surface area contributed by atoms with Gasteiger partial charge in [0.1, 0.15) is 0 Å². The Labute approximate surface area is 88.7 Å². The van der Waals surface area contributed by atoms with E-state index in [4.69, 9.17) is 9.52 Å². The third-order valence-corrected chi connectivity index (χ3v) is 2.25. The van der Waals surface area contributed by atoms with E-state index in [1.807, 2.05) is 0 Å². The van der Waals surface area contributed by atoms with Crippen molar-refractivity contribution in [3.05, 3.63) is 34.3 Å². The van der Waals surface area contributed by atoms with E-state index in [-0.39, 0.29) is 11.1 Å². The van der Waals surface area contributed by atoms with E-state index in [9.17, 15) is 14.4 Å². The number of benzene rings is 1. The van der Waals surface area contributed by atoms with E-state index in [1.165, 1.54) is 29.8 Å². The second kappa shape index (κ2) is 3.34. The van der Waals surface area contributed by atoms with Crippen LogP contribution in [0.3, 0.4) is 0 Å². The number of Topliss-reactive ketones (excluding diaryl/α,β-unsaturated/α-hetero) is 1. The number of oxazole rings is 1. The van der Waals surface area contributed by atoms with Crippen LogP contribution in [0.5, 0.6) is 0 Å². The maximum Gasteiger partial charge on any atom is 0.419 e. The van der Waals surface area contributed by atoms with Crippen LogP contribution in [0.25, 0.3) is 11.1 Å². The lowest BCUT2D eigenvalue weighted by molar-refractivity contribution is -0.131. The van der Waals surface area contributed by atoms with Gasteiger partial charge in [0, 0.05) is 12.6 Å². The minimum Gasteiger partial charge on any atom is -0.475 e. The van der Waals surface area contributed by atoms with E-state index in [2.05, 4.69) is 0 Å². The molecule has 1 N–H and O–H groups in total. The zero-order valence-corrected chi connectivity index (χ0v) is 8.26. The largest absolute Gasteiger partial charge is 0.475 e. The number of aliphatic carboxylic acids is 1. The summed E-state index contributed by atoms with van der Waals surface area (Å²) in [5, 5.41) is 8.52. The molecule has 0 atom stereocenters. The van der Waals surface area contributed by atoms with Crippen LogP contribution in [0, 0.1) is 0 Å². The molecule has 6 nitrogen and oxygen atoms in total. The number of carbonyl (C=O) groups is 2. The Balaban J connectivity index is 2.66. The van der Waals surface area contributed by atoms with Gasteiger partial charge in [-0.2, -0.15) is 0 Å². The summed E-state index contributed by atoms with van der Waals surface area (Å²) in [6.07, 6.45) is 0. The van der Waals surface area contributed by atoms with Crippen LogP contribution >= 0.6 is 0 Å². The maximum atomic E-state index is 11.2. The van der Waals surface area contributed by atoms with Gasteiger partial charge in [0.2, 0.25) is 0 Å². The first-order valence-electron chi connectivity index (χ1n) is 4.38. The molecule has 1 aromatic carbocycles. The van der Waals surface area contributed by atoms with Crippen molar-refractivity contribution in [3.63, 3.8) is 0 Å². The minimum atomic E-state index is -1.54. The highest BCUT2D eigenvalue weighted by molar-refractivity contribution is 6.40. The molecule has 0 bridgehead atoms. The van der Waals surface area contributed by atoms with Gasteiger partial charge in [0.25, 0.3) is 5.78 Å². The van der Waals surface area contributed by atoms with Crippen molar-refractivity contribution in [3.8, 4) is 0 Å². The number of fused-ring (bicyclic) bond motifs is 1. The number of carboxylic acid groups (broad SMARTS) is 1. The van der Waals surface area contributed by atoms with Crippen LogP contribution in [0.1, 0.15) is 10.4 Å². The molecule has 1 heterocycles. The highest BCUT2D eigenvalue weighted by Crippen LogP contribution is 2.14. The number of carbonyl (C=O) groups excluding carboxylic acids is 1. The van der Waals surface area contributed by atoms with Crippen LogP contribution in [-0.2, 0) is 11.8 Å². The smallest absolute Gasteiger partial charge is 0.419 e. The van der Waals surface area contributed by atoms with Crippen LogP contribution in [0.2, 0.25) is 0 Å². The molecule has 0 aliphatic heterocycles. The molecule has 0 fully saturated rings. The van der Waals surface area contributed by atoms with Gasteiger partial charge in [-0.1, -0.05) is 0 Å². The topological polar surface area (TPSA) is 89.5 Å². The molecule has 0 spiro atoms. The molecule has 0 saturated carbocycles. The summed E-state index contributed by atoms with van der Waals surface area (Å²) in [5.41, 5.74) is 0.681. The number of hydrogen-bond acceptors (Lipinski definition) is 4. The summed E-state index contributed by atoms with van der Waals surface area (Å²) >= 11 is 0. The van der Waals surface area contributed by atoms with Gasteiger partial charge in [-0.25, -0.2) is 9.59 Å². The zero-order chi connectivity index (χ0) is 11.9. The molecule has 82 valence electrons. The lowest BCUT2D eigenvalue weighted by atomic mass is 10.1. The molecule has 6 heteroatoms. The Bertz CT molecular complexity index is 649. The summed E-state index contributed by atoms with van der Waals surface area (Å²) in [7, 11) is 1.52. The van der Waals surface area contributed by atoms with Gasteiger partial charge in [0.15, 0.2) is 5.58 Å². The molecule has 0 aliphatic carbocycles. The predicted octanol–water partition coefficient (Wildman–Crippen LogP) is 0.399.